The van der Waals surface area contributed by atoms with Gasteiger partial charge in [-0.25, -0.2) is 4.68 Å². The number of carbonyl (C=O) groups excluding carboxylic acids is 1. The minimum Gasteiger partial charge on any atom is -0.348 e. The summed E-state index contributed by atoms with van der Waals surface area (Å²) in [6.45, 7) is 2.53. The van der Waals surface area contributed by atoms with Crippen molar-refractivity contribution in [1.29, 1.82) is 0 Å². The molecule has 0 radical (unpaired) electrons. The molecule has 0 fully saturated rings. The van der Waals surface area contributed by atoms with Gasteiger partial charge in [0.05, 0.1) is 0 Å². The molecule has 0 saturated heterocycles. The maximum Gasteiger partial charge on any atom is 0.251 e. The summed E-state index contributed by atoms with van der Waals surface area (Å²) in [5, 5.41) is 14.3. The Morgan fingerprint density at radius 1 is 1.17 bits per heavy atom. The van der Waals surface area contributed by atoms with E-state index in [1.54, 1.807) is 23.9 Å². The van der Waals surface area contributed by atoms with Gasteiger partial charge in [0.1, 0.15) is 0 Å². The largest absolute Gasteiger partial charge is 0.348 e. The van der Waals surface area contributed by atoms with E-state index in [9.17, 15) is 4.79 Å². The van der Waals surface area contributed by atoms with E-state index >= 15 is 0 Å². The highest BCUT2D eigenvalue weighted by atomic mass is 16.1. The number of nitrogens with zero attached hydrogens (tertiary/aromatic N) is 4. The SMILES string of the molecule is Cc1ccccc1CNC(=O)c1cccc(-c2nnnn2C)c1. The average molecular weight is 307 g/mol. The van der Waals surface area contributed by atoms with Gasteiger partial charge >= 0.3 is 0 Å². The average Bonchev–Trinajstić information content (AvgIpc) is 3.00. The molecule has 1 aromatic heterocycles. The van der Waals surface area contributed by atoms with E-state index in [4.69, 9.17) is 0 Å². The Labute approximate surface area is 134 Å². The van der Waals surface area contributed by atoms with Crippen LogP contribution in [-0.2, 0) is 13.6 Å². The molecule has 0 spiro atoms. The van der Waals surface area contributed by atoms with Crippen LogP contribution in [0.5, 0.6) is 0 Å². The Morgan fingerprint density at radius 3 is 2.74 bits per heavy atom. The molecule has 1 amide bonds. The molecule has 0 aliphatic carbocycles. The topological polar surface area (TPSA) is 72.7 Å². The van der Waals surface area contributed by atoms with Gasteiger partial charge in [-0.2, -0.15) is 0 Å². The fraction of sp³-hybridized carbons (Fsp3) is 0.176. The minimum atomic E-state index is -0.120. The highest BCUT2D eigenvalue weighted by Crippen LogP contribution is 2.16. The first-order chi connectivity index (χ1) is 11.1. The van der Waals surface area contributed by atoms with Gasteiger partial charge in [0.2, 0.25) is 0 Å². The first-order valence-electron chi connectivity index (χ1n) is 7.30. The van der Waals surface area contributed by atoms with Crippen LogP contribution in [0, 0.1) is 6.92 Å². The van der Waals surface area contributed by atoms with Crippen LogP contribution in [0.3, 0.4) is 0 Å². The fourth-order valence-electron chi connectivity index (χ4n) is 2.36. The van der Waals surface area contributed by atoms with Crippen LogP contribution in [0.1, 0.15) is 21.5 Å². The van der Waals surface area contributed by atoms with Crippen molar-refractivity contribution in [2.45, 2.75) is 13.5 Å². The van der Waals surface area contributed by atoms with Crippen molar-refractivity contribution >= 4 is 5.91 Å². The molecule has 0 unspecified atom stereocenters. The van der Waals surface area contributed by atoms with E-state index in [-0.39, 0.29) is 5.91 Å². The summed E-state index contributed by atoms with van der Waals surface area (Å²) >= 11 is 0. The number of carbonyl (C=O) groups is 1. The lowest BCUT2D eigenvalue weighted by Crippen LogP contribution is -2.23. The Balaban J connectivity index is 1.76. The zero-order valence-corrected chi connectivity index (χ0v) is 13.0. The second kappa shape index (κ2) is 6.39. The summed E-state index contributed by atoms with van der Waals surface area (Å²) in [6, 6.07) is 15.3. The second-order valence-electron chi connectivity index (χ2n) is 5.32. The molecule has 0 atom stereocenters. The van der Waals surface area contributed by atoms with Crippen LogP contribution in [0.25, 0.3) is 11.4 Å². The number of amides is 1. The Hall–Kier alpha value is -3.02. The predicted octanol–water partition coefficient (Wildman–Crippen LogP) is 2.12. The first kappa shape index (κ1) is 14.9. The van der Waals surface area contributed by atoms with E-state index in [0.29, 0.717) is 17.9 Å². The van der Waals surface area contributed by atoms with Gasteiger partial charge in [-0.1, -0.05) is 36.4 Å². The third-order valence-electron chi connectivity index (χ3n) is 3.70. The highest BCUT2D eigenvalue weighted by molar-refractivity contribution is 5.95. The monoisotopic (exact) mass is 307 g/mol. The number of tetrazole rings is 1. The van der Waals surface area contributed by atoms with Gasteiger partial charge < -0.3 is 5.32 Å². The second-order valence-corrected chi connectivity index (χ2v) is 5.32. The Kier molecular flexibility index (Phi) is 4.14. The van der Waals surface area contributed by atoms with Crippen LogP contribution in [-0.4, -0.2) is 26.1 Å². The molecule has 1 N–H and O–H groups in total. The molecule has 0 saturated carbocycles. The van der Waals surface area contributed by atoms with Crippen molar-refractivity contribution in [3.63, 3.8) is 0 Å². The van der Waals surface area contributed by atoms with Gasteiger partial charge in [0, 0.05) is 24.7 Å². The van der Waals surface area contributed by atoms with E-state index in [1.165, 1.54) is 0 Å². The molecule has 6 heteroatoms. The summed E-state index contributed by atoms with van der Waals surface area (Å²) in [4.78, 5) is 12.4. The quantitative estimate of drug-likeness (QED) is 0.801. The maximum absolute atomic E-state index is 12.4. The van der Waals surface area contributed by atoms with Crippen LogP contribution < -0.4 is 5.32 Å². The van der Waals surface area contributed by atoms with Crippen molar-refractivity contribution in [3.8, 4) is 11.4 Å². The Bertz CT molecular complexity index is 840. The van der Waals surface area contributed by atoms with E-state index < -0.39 is 0 Å². The molecule has 6 nitrogen and oxygen atoms in total. The summed E-state index contributed by atoms with van der Waals surface area (Å²) in [5.74, 6) is 0.504. The number of aryl methyl sites for hydroxylation is 2. The summed E-state index contributed by atoms with van der Waals surface area (Å²) in [5.41, 5.74) is 3.65. The third-order valence-corrected chi connectivity index (χ3v) is 3.70. The number of nitrogens with one attached hydrogen (secondary N) is 1. The molecular formula is C17H17N5O. The number of hydrogen-bond acceptors (Lipinski definition) is 4. The van der Waals surface area contributed by atoms with E-state index in [0.717, 1.165) is 16.7 Å². The molecule has 0 bridgehead atoms. The van der Waals surface area contributed by atoms with Gasteiger partial charge in [0.15, 0.2) is 5.82 Å². The smallest absolute Gasteiger partial charge is 0.251 e. The lowest BCUT2D eigenvalue weighted by molar-refractivity contribution is 0.0951. The highest BCUT2D eigenvalue weighted by Gasteiger charge is 2.10. The summed E-state index contributed by atoms with van der Waals surface area (Å²) in [7, 11) is 1.76. The van der Waals surface area contributed by atoms with E-state index in [2.05, 4.69) is 20.8 Å². The van der Waals surface area contributed by atoms with Crippen LogP contribution in [0.2, 0.25) is 0 Å². The Morgan fingerprint density at radius 2 is 2.00 bits per heavy atom. The van der Waals surface area contributed by atoms with Gasteiger partial charge in [-0.3, -0.25) is 4.79 Å². The molecule has 3 rings (SSSR count). The van der Waals surface area contributed by atoms with Crippen LogP contribution in [0.4, 0.5) is 0 Å². The standard InChI is InChI=1S/C17H17N5O/c1-12-6-3-4-7-15(12)11-18-17(23)14-9-5-8-13(10-14)16-19-20-21-22(16)2/h3-10H,11H2,1-2H3,(H,18,23). The number of aromatic nitrogens is 4. The fourth-order valence-corrected chi connectivity index (χ4v) is 2.36. The predicted molar refractivity (Wildman–Crippen MR) is 86.6 cm³/mol. The van der Waals surface area contributed by atoms with Crippen molar-refractivity contribution in [1.82, 2.24) is 25.5 Å². The van der Waals surface area contributed by atoms with Gasteiger partial charge in [0.25, 0.3) is 5.91 Å². The summed E-state index contributed by atoms with van der Waals surface area (Å²) < 4.78 is 1.57. The molecule has 0 aliphatic rings. The van der Waals surface area contributed by atoms with Gasteiger partial charge in [-0.05, 0) is 40.6 Å². The third kappa shape index (κ3) is 3.26. The van der Waals surface area contributed by atoms with Crippen molar-refractivity contribution < 1.29 is 4.79 Å². The lowest BCUT2D eigenvalue weighted by Gasteiger charge is -2.08. The van der Waals surface area contributed by atoms with Gasteiger partial charge in [-0.15, -0.1) is 5.10 Å². The van der Waals surface area contributed by atoms with E-state index in [1.807, 2.05) is 43.3 Å². The zero-order valence-electron chi connectivity index (χ0n) is 13.0. The van der Waals surface area contributed by atoms with Crippen molar-refractivity contribution in [2.24, 2.45) is 7.05 Å². The maximum atomic E-state index is 12.4. The minimum absolute atomic E-state index is 0.120. The van der Waals surface area contributed by atoms with Crippen LogP contribution >= 0.6 is 0 Å². The van der Waals surface area contributed by atoms with Crippen LogP contribution in [0.15, 0.2) is 48.5 Å². The van der Waals surface area contributed by atoms with Crippen molar-refractivity contribution in [3.05, 3.63) is 65.2 Å². The molecule has 1 heterocycles. The molecule has 116 valence electrons. The zero-order chi connectivity index (χ0) is 16.2. The number of rotatable bonds is 4. The summed E-state index contributed by atoms with van der Waals surface area (Å²) in [6.07, 6.45) is 0. The normalized spacial score (nSPS) is 10.5. The molecular weight excluding hydrogens is 290 g/mol. The lowest BCUT2D eigenvalue weighted by atomic mass is 10.1. The molecule has 2 aromatic carbocycles. The molecule has 0 aliphatic heterocycles. The number of hydrogen-bond donors (Lipinski definition) is 1. The molecule has 23 heavy (non-hydrogen) atoms. The first-order valence-corrected chi connectivity index (χ1v) is 7.30. The van der Waals surface area contributed by atoms with Crippen molar-refractivity contribution in [2.75, 3.05) is 0 Å². The molecule has 3 aromatic rings. The number of benzene rings is 2.